The van der Waals surface area contributed by atoms with Crippen LogP contribution in [-0.2, 0) is 5.88 Å². The van der Waals surface area contributed by atoms with Gasteiger partial charge in [-0.1, -0.05) is 18.2 Å². The van der Waals surface area contributed by atoms with E-state index in [9.17, 15) is 0 Å². The number of hydrogen-bond acceptors (Lipinski definition) is 2. The van der Waals surface area contributed by atoms with Crippen molar-refractivity contribution in [1.29, 1.82) is 0 Å². The minimum atomic E-state index is 0.526. The second kappa shape index (κ2) is 6.06. The Morgan fingerprint density at radius 3 is 2.80 bits per heavy atom. The Labute approximate surface area is 132 Å². The van der Waals surface area contributed by atoms with Crippen LogP contribution in [0.2, 0.25) is 0 Å². The topological polar surface area (TPSA) is 12.5 Å². The first kappa shape index (κ1) is 13.8. The highest BCUT2D eigenvalue weighted by atomic mass is 79.9. The van der Waals surface area contributed by atoms with Gasteiger partial charge >= 0.3 is 0 Å². The predicted molar refractivity (Wildman–Crippen MR) is 87.3 cm³/mol. The SMILES string of the molecule is ClCc1ccc(N2CCCOc3ccccc32)c(Br)c1. The van der Waals surface area contributed by atoms with Gasteiger partial charge in [0.2, 0.25) is 0 Å². The van der Waals surface area contributed by atoms with Gasteiger partial charge in [0.1, 0.15) is 5.75 Å². The number of nitrogens with zero attached hydrogens (tertiary/aromatic N) is 1. The molecule has 3 rings (SSSR count). The van der Waals surface area contributed by atoms with E-state index in [1.54, 1.807) is 0 Å². The van der Waals surface area contributed by atoms with E-state index in [-0.39, 0.29) is 0 Å². The molecule has 0 atom stereocenters. The maximum Gasteiger partial charge on any atom is 0.142 e. The summed E-state index contributed by atoms with van der Waals surface area (Å²) in [7, 11) is 0. The summed E-state index contributed by atoms with van der Waals surface area (Å²) < 4.78 is 6.87. The van der Waals surface area contributed by atoms with Crippen molar-refractivity contribution >= 4 is 38.9 Å². The van der Waals surface area contributed by atoms with Crippen molar-refractivity contribution in [1.82, 2.24) is 0 Å². The molecule has 0 bridgehead atoms. The summed E-state index contributed by atoms with van der Waals surface area (Å²) in [4.78, 5) is 2.30. The van der Waals surface area contributed by atoms with Gasteiger partial charge in [-0.3, -0.25) is 0 Å². The molecule has 1 aliphatic rings. The minimum absolute atomic E-state index is 0.526. The lowest BCUT2D eigenvalue weighted by molar-refractivity contribution is 0.322. The molecule has 0 N–H and O–H groups in total. The Hall–Kier alpha value is -1.19. The number of halogens is 2. The molecule has 0 saturated carbocycles. The Balaban J connectivity index is 2.05. The van der Waals surface area contributed by atoms with Crippen molar-refractivity contribution in [3.8, 4) is 5.75 Å². The molecule has 1 aliphatic heterocycles. The first-order chi connectivity index (χ1) is 9.79. The highest BCUT2D eigenvalue weighted by Crippen LogP contribution is 2.39. The van der Waals surface area contributed by atoms with Gasteiger partial charge in [0.05, 0.1) is 18.0 Å². The number of benzene rings is 2. The van der Waals surface area contributed by atoms with E-state index < -0.39 is 0 Å². The van der Waals surface area contributed by atoms with Crippen molar-refractivity contribution in [2.45, 2.75) is 12.3 Å². The van der Waals surface area contributed by atoms with Crippen LogP contribution in [0.25, 0.3) is 0 Å². The Bertz CT molecular complexity index is 617. The van der Waals surface area contributed by atoms with Crippen LogP contribution in [0, 0.1) is 0 Å². The third kappa shape index (κ3) is 2.65. The molecule has 0 aromatic heterocycles. The number of rotatable bonds is 2. The molecular weight excluding hydrogens is 338 g/mol. The van der Waals surface area contributed by atoms with Crippen molar-refractivity contribution < 1.29 is 4.74 Å². The molecule has 0 aliphatic carbocycles. The van der Waals surface area contributed by atoms with Crippen LogP contribution in [0.15, 0.2) is 46.9 Å². The number of hydrogen-bond donors (Lipinski definition) is 0. The summed E-state index contributed by atoms with van der Waals surface area (Å²) in [5.74, 6) is 1.47. The summed E-state index contributed by atoms with van der Waals surface area (Å²) in [6, 6.07) is 14.4. The van der Waals surface area contributed by atoms with Crippen LogP contribution in [0.1, 0.15) is 12.0 Å². The van der Waals surface area contributed by atoms with Crippen molar-refractivity contribution in [2.24, 2.45) is 0 Å². The fraction of sp³-hybridized carbons (Fsp3) is 0.250. The standard InChI is InChI=1S/C16H15BrClNO/c17-13-10-12(11-18)6-7-14(13)19-8-3-9-20-16-5-2-1-4-15(16)19/h1-2,4-7,10H,3,8-9,11H2. The molecule has 0 radical (unpaired) electrons. The zero-order valence-corrected chi connectivity index (χ0v) is 13.3. The van der Waals surface area contributed by atoms with Crippen LogP contribution < -0.4 is 9.64 Å². The van der Waals surface area contributed by atoms with Crippen LogP contribution in [0.4, 0.5) is 11.4 Å². The van der Waals surface area contributed by atoms with E-state index >= 15 is 0 Å². The molecule has 0 unspecified atom stereocenters. The molecule has 1 heterocycles. The number of alkyl halides is 1. The Morgan fingerprint density at radius 2 is 2.00 bits per heavy atom. The van der Waals surface area contributed by atoms with Gasteiger partial charge in [-0.15, -0.1) is 11.6 Å². The van der Waals surface area contributed by atoms with Gasteiger partial charge < -0.3 is 9.64 Å². The molecule has 0 spiro atoms. The summed E-state index contributed by atoms with van der Waals surface area (Å²) in [5, 5.41) is 0. The van der Waals surface area contributed by atoms with Crippen LogP contribution in [0.5, 0.6) is 5.75 Å². The molecule has 2 aromatic rings. The summed E-state index contributed by atoms with van der Waals surface area (Å²) in [6.45, 7) is 1.70. The second-order valence-corrected chi connectivity index (χ2v) is 5.86. The highest BCUT2D eigenvalue weighted by Gasteiger charge is 2.19. The first-order valence-electron chi connectivity index (χ1n) is 6.63. The van der Waals surface area contributed by atoms with Gasteiger partial charge in [0, 0.05) is 16.9 Å². The maximum absolute atomic E-state index is 5.89. The summed E-state index contributed by atoms with van der Waals surface area (Å²) in [5.41, 5.74) is 3.38. The zero-order valence-electron chi connectivity index (χ0n) is 11.0. The number of anilines is 2. The lowest BCUT2D eigenvalue weighted by Crippen LogP contribution is -2.18. The van der Waals surface area contributed by atoms with E-state index in [1.165, 1.54) is 0 Å². The lowest BCUT2D eigenvalue weighted by atomic mass is 10.2. The molecule has 2 nitrogen and oxygen atoms in total. The average molecular weight is 353 g/mol. The van der Waals surface area contributed by atoms with Crippen LogP contribution in [0.3, 0.4) is 0 Å². The highest BCUT2D eigenvalue weighted by molar-refractivity contribution is 9.10. The van der Waals surface area contributed by atoms with Gasteiger partial charge in [0.15, 0.2) is 0 Å². The normalized spacial score (nSPS) is 14.4. The smallest absolute Gasteiger partial charge is 0.142 e. The maximum atomic E-state index is 5.89. The average Bonchev–Trinajstić information content (AvgIpc) is 2.69. The van der Waals surface area contributed by atoms with Gasteiger partial charge in [-0.25, -0.2) is 0 Å². The van der Waals surface area contributed by atoms with E-state index in [4.69, 9.17) is 16.3 Å². The number of para-hydroxylation sites is 2. The molecule has 20 heavy (non-hydrogen) atoms. The molecular formula is C16H15BrClNO. The third-order valence-corrected chi connectivity index (χ3v) is 4.34. The van der Waals surface area contributed by atoms with E-state index in [2.05, 4.69) is 45.1 Å². The van der Waals surface area contributed by atoms with Gasteiger partial charge in [-0.2, -0.15) is 0 Å². The fourth-order valence-electron chi connectivity index (χ4n) is 2.43. The second-order valence-electron chi connectivity index (χ2n) is 4.74. The number of ether oxygens (including phenoxy) is 1. The van der Waals surface area contributed by atoms with Crippen LogP contribution >= 0.6 is 27.5 Å². The quantitative estimate of drug-likeness (QED) is 0.697. The van der Waals surface area contributed by atoms with E-state index in [0.717, 1.165) is 46.7 Å². The molecule has 0 amide bonds. The predicted octanol–water partition coefficient (Wildman–Crippen LogP) is 5.11. The zero-order chi connectivity index (χ0) is 13.9. The Kier molecular flexibility index (Phi) is 4.18. The lowest BCUT2D eigenvalue weighted by Gasteiger charge is -2.25. The third-order valence-electron chi connectivity index (χ3n) is 3.40. The largest absolute Gasteiger partial charge is 0.491 e. The Morgan fingerprint density at radius 1 is 1.15 bits per heavy atom. The van der Waals surface area contributed by atoms with Crippen LogP contribution in [-0.4, -0.2) is 13.2 Å². The van der Waals surface area contributed by atoms with Gasteiger partial charge in [0.25, 0.3) is 0 Å². The summed E-state index contributed by atoms with van der Waals surface area (Å²) >= 11 is 9.55. The molecule has 0 fully saturated rings. The van der Waals surface area contributed by atoms with E-state index in [1.807, 2.05) is 18.2 Å². The summed E-state index contributed by atoms with van der Waals surface area (Å²) in [6.07, 6.45) is 0.998. The molecule has 4 heteroatoms. The minimum Gasteiger partial charge on any atom is -0.491 e. The number of fused-ring (bicyclic) bond motifs is 1. The first-order valence-corrected chi connectivity index (χ1v) is 7.96. The molecule has 2 aromatic carbocycles. The van der Waals surface area contributed by atoms with Crippen molar-refractivity contribution in [2.75, 3.05) is 18.1 Å². The fourth-order valence-corrected chi connectivity index (χ4v) is 3.24. The monoisotopic (exact) mass is 351 g/mol. The van der Waals surface area contributed by atoms with Crippen molar-refractivity contribution in [3.63, 3.8) is 0 Å². The molecule has 0 saturated heterocycles. The molecule has 104 valence electrons. The van der Waals surface area contributed by atoms with Gasteiger partial charge in [-0.05, 0) is 52.2 Å². The van der Waals surface area contributed by atoms with E-state index in [0.29, 0.717) is 5.88 Å². The van der Waals surface area contributed by atoms with Crippen molar-refractivity contribution in [3.05, 3.63) is 52.5 Å².